The van der Waals surface area contributed by atoms with Crippen LogP contribution in [-0.2, 0) is 9.59 Å². The molecule has 3 rings (SSSR count). The van der Waals surface area contributed by atoms with Gasteiger partial charge in [0.25, 0.3) is 11.8 Å². The molecule has 1 aliphatic rings. The average Bonchev–Trinajstić information content (AvgIpc) is 2.98. The van der Waals surface area contributed by atoms with Gasteiger partial charge >= 0.3 is 0 Å². The van der Waals surface area contributed by atoms with E-state index >= 15 is 0 Å². The summed E-state index contributed by atoms with van der Waals surface area (Å²) in [5.74, 6) is -4.16. The van der Waals surface area contributed by atoms with E-state index in [9.17, 15) is 19.2 Å². The fraction of sp³-hybridized carbons (Fsp3) is 0.238. The van der Waals surface area contributed by atoms with E-state index in [1.54, 1.807) is 48.5 Å². The maximum absolute atomic E-state index is 13.0. The Labute approximate surface area is 156 Å². The molecule has 1 fully saturated rings. The van der Waals surface area contributed by atoms with E-state index in [4.69, 9.17) is 0 Å². The van der Waals surface area contributed by atoms with Crippen molar-refractivity contribution >= 4 is 23.4 Å². The summed E-state index contributed by atoms with van der Waals surface area (Å²) in [7, 11) is 0. The molecule has 1 unspecified atom stereocenters. The molecule has 27 heavy (non-hydrogen) atoms. The molecule has 2 aromatic rings. The van der Waals surface area contributed by atoms with Crippen molar-refractivity contribution in [2.24, 2.45) is 11.8 Å². The Bertz CT molecular complexity index is 885. The molecule has 1 heterocycles. The highest BCUT2D eigenvalue weighted by Gasteiger charge is 2.44. The number of Topliss-reactive ketones (excluding diaryl/α,β-unsaturated/α-hetero) is 2. The molecule has 0 radical (unpaired) electrons. The summed E-state index contributed by atoms with van der Waals surface area (Å²) in [6.45, 7) is 3.80. The number of carbonyl (C=O) groups excluding carboxylic acids is 4. The number of hydrogen-bond donors (Lipinski definition) is 2. The molecule has 2 N–H and O–H groups in total. The lowest BCUT2D eigenvalue weighted by Crippen LogP contribution is -2.35. The van der Waals surface area contributed by atoms with E-state index in [1.807, 2.05) is 13.8 Å². The van der Waals surface area contributed by atoms with Crippen molar-refractivity contribution in [2.45, 2.75) is 20.3 Å². The van der Waals surface area contributed by atoms with Gasteiger partial charge in [-0.1, -0.05) is 59.7 Å². The zero-order valence-electron chi connectivity index (χ0n) is 15.1. The molecule has 0 spiro atoms. The van der Waals surface area contributed by atoms with Crippen LogP contribution in [0.4, 0.5) is 0 Å². The topological polar surface area (TPSA) is 92.3 Å². The predicted octanol–water partition coefficient (Wildman–Crippen LogP) is 2.15. The first-order valence-corrected chi connectivity index (χ1v) is 8.67. The highest BCUT2D eigenvalue weighted by Crippen LogP contribution is 2.26. The van der Waals surface area contributed by atoms with Crippen molar-refractivity contribution in [2.75, 3.05) is 0 Å². The molecule has 6 heteroatoms. The number of ketones is 2. The Morgan fingerprint density at radius 2 is 1.26 bits per heavy atom. The first-order valence-electron chi connectivity index (χ1n) is 8.67. The van der Waals surface area contributed by atoms with Crippen LogP contribution in [0.5, 0.6) is 0 Å². The van der Waals surface area contributed by atoms with Crippen molar-refractivity contribution in [1.82, 2.24) is 10.9 Å². The molecule has 1 saturated heterocycles. The maximum atomic E-state index is 13.0. The number of rotatable bonds is 6. The molecule has 0 saturated carbocycles. The maximum Gasteiger partial charge on any atom is 0.251 e. The molecule has 6 nitrogen and oxygen atoms in total. The van der Waals surface area contributed by atoms with Crippen LogP contribution in [0.1, 0.15) is 38.3 Å². The molecule has 138 valence electrons. The zero-order chi connectivity index (χ0) is 19.6. The standard InChI is InChI=1S/C21H20N2O4/c1-12-3-7-14(8-4-12)17(24)11-16(18-20(26)22-23-21(18)27)19(25)15-9-5-13(2)6-10-15/h3-10,16,18H,11H2,1-2H3,(H,22,26)(H,23,27). The van der Waals surface area contributed by atoms with Crippen LogP contribution in [0.2, 0.25) is 0 Å². The second-order valence-electron chi connectivity index (χ2n) is 6.79. The highest BCUT2D eigenvalue weighted by atomic mass is 16.2. The zero-order valence-corrected chi connectivity index (χ0v) is 15.1. The van der Waals surface area contributed by atoms with Gasteiger partial charge in [-0.25, -0.2) is 0 Å². The van der Waals surface area contributed by atoms with Gasteiger partial charge in [-0.05, 0) is 13.8 Å². The lowest BCUT2D eigenvalue weighted by Gasteiger charge is -2.18. The fourth-order valence-electron chi connectivity index (χ4n) is 3.11. The molecule has 2 amide bonds. The number of carbonyl (C=O) groups is 4. The smallest absolute Gasteiger partial charge is 0.251 e. The largest absolute Gasteiger partial charge is 0.294 e. The Balaban J connectivity index is 1.92. The fourth-order valence-corrected chi connectivity index (χ4v) is 3.11. The van der Waals surface area contributed by atoms with Gasteiger partial charge in [0.1, 0.15) is 5.92 Å². The van der Waals surface area contributed by atoms with E-state index in [-0.39, 0.29) is 12.2 Å². The van der Waals surface area contributed by atoms with Gasteiger partial charge in [0.2, 0.25) is 0 Å². The summed E-state index contributed by atoms with van der Waals surface area (Å²) in [4.78, 5) is 50.0. The van der Waals surface area contributed by atoms with Gasteiger partial charge < -0.3 is 0 Å². The van der Waals surface area contributed by atoms with E-state index in [0.717, 1.165) is 11.1 Å². The second kappa shape index (κ2) is 7.53. The minimum absolute atomic E-state index is 0.221. The molecule has 0 bridgehead atoms. The Kier molecular flexibility index (Phi) is 5.16. The number of amides is 2. The number of hydrazine groups is 1. The summed E-state index contributed by atoms with van der Waals surface area (Å²) in [5.41, 5.74) is 7.27. The quantitative estimate of drug-likeness (QED) is 0.607. The molecule has 2 aromatic carbocycles. The van der Waals surface area contributed by atoms with E-state index in [2.05, 4.69) is 10.9 Å². The SMILES string of the molecule is Cc1ccc(C(=O)CC(C(=O)c2ccc(C)cc2)C2C(=O)NNC2=O)cc1. The molecule has 1 atom stereocenters. The molecule has 0 aromatic heterocycles. The van der Waals surface area contributed by atoms with Crippen LogP contribution in [0, 0.1) is 25.7 Å². The third-order valence-electron chi connectivity index (χ3n) is 4.73. The van der Waals surface area contributed by atoms with E-state index in [0.29, 0.717) is 11.1 Å². The Morgan fingerprint density at radius 3 is 1.74 bits per heavy atom. The van der Waals surface area contributed by atoms with Crippen LogP contribution >= 0.6 is 0 Å². The van der Waals surface area contributed by atoms with Crippen molar-refractivity contribution in [3.63, 3.8) is 0 Å². The number of aryl methyl sites for hydroxylation is 2. The average molecular weight is 364 g/mol. The minimum Gasteiger partial charge on any atom is -0.294 e. The number of benzene rings is 2. The first-order chi connectivity index (χ1) is 12.9. The van der Waals surface area contributed by atoms with E-state index < -0.39 is 29.4 Å². The van der Waals surface area contributed by atoms with Crippen molar-refractivity contribution in [3.8, 4) is 0 Å². The van der Waals surface area contributed by atoms with Gasteiger partial charge in [0.05, 0.1) is 5.92 Å². The monoisotopic (exact) mass is 364 g/mol. The Morgan fingerprint density at radius 1 is 0.815 bits per heavy atom. The summed E-state index contributed by atoms with van der Waals surface area (Å²) in [6.07, 6.45) is -0.221. The van der Waals surface area contributed by atoms with Gasteiger partial charge in [-0.15, -0.1) is 0 Å². The van der Waals surface area contributed by atoms with Gasteiger partial charge in [0, 0.05) is 17.5 Å². The normalized spacial score (nSPS) is 15.2. The lowest BCUT2D eigenvalue weighted by molar-refractivity contribution is -0.129. The minimum atomic E-state index is -1.23. The second-order valence-corrected chi connectivity index (χ2v) is 6.79. The highest BCUT2D eigenvalue weighted by molar-refractivity contribution is 6.13. The lowest BCUT2D eigenvalue weighted by atomic mass is 9.80. The number of hydrogen-bond acceptors (Lipinski definition) is 4. The van der Waals surface area contributed by atoms with Crippen LogP contribution < -0.4 is 10.9 Å². The molecular weight excluding hydrogens is 344 g/mol. The van der Waals surface area contributed by atoms with Gasteiger partial charge in [-0.3, -0.25) is 30.0 Å². The molecule has 1 aliphatic heterocycles. The third kappa shape index (κ3) is 3.95. The summed E-state index contributed by atoms with van der Waals surface area (Å²) in [6, 6.07) is 13.8. The van der Waals surface area contributed by atoms with Crippen molar-refractivity contribution in [3.05, 3.63) is 70.8 Å². The Hall–Kier alpha value is -3.28. The summed E-state index contributed by atoms with van der Waals surface area (Å²) >= 11 is 0. The van der Waals surface area contributed by atoms with Crippen LogP contribution in [0.25, 0.3) is 0 Å². The van der Waals surface area contributed by atoms with Crippen molar-refractivity contribution in [1.29, 1.82) is 0 Å². The summed E-state index contributed by atoms with van der Waals surface area (Å²) in [5, 5.41) is 0. The van der Waals surface area contributed by atoms with Crippen molar-refractivity contribution < 1.29 is 19.2 Å². The van der Waals surface area contributed by atoms with Crippen LogP contribution in [0.3, 0.4) is 0 Å². The number of nitrogens with one attached hydrogen (secondary N) is 2. The summed E-state index contributed by atoms with van der Waals surface area (Å²) < 4.78 is 0. The predicted molar refractivity (Wildman–Crippen MR) is 98.9 cm³/mol. The molecule has 0 aliphatic carbocycles. The van der Waals surface area contributed by atoms with Gasteiger partial charge in [0.15, 0.2) is 11.6 Å². The molecular formula is C21H20N2O4. The first kappa shape index (κ1) is 18.5. The van der Waals surface area contributed by atoms with Crippen LogP contribution in [0.15, 0.2) is 48.5 Å². The third-order valence-corrected chi connectivity index (χ3v) is 4.73. The van der Waals surface area contributed by atoms with Crippen LogP contribution in [-0.4, -0.2) is 23.4 Å². The van der Waals surface area contributed by atoms with E-state index in [1.165, 1.54) is 0 Å². The van der Waals surface area contributed by atoms with Gasteiger partial charge in [-0.2, -0.15) is 0 Å².